The number of nitrogens with zero attached hydrogens (tertiary/aromatic N) is 2. The second kappa shape index (κ2) is 4.97. The molecule has 2 nitrogen and oxygen atoms in total. The predicted molar refractivity (Wildman–Crippen MR) is 86.2 cm³/mol. The average Bonchev–Trinajstić information content (AvgIpc) is 2.46. The average molecular weight is 262 g/mol. The lowest BCUT2D eigenvalue weighted by Gasteiger charge is -2.14. The van der Waals surface area contributed by atoms with E-state index in [4.69, 9.17) is 4.98 Å². The molecule has 0 bridgehead atoms. The third-order valence-electron chi connectivity index (χ3n) is 3.55. The Morgan fingerprint density at radius 3 is 2.35 bits per heavy atom. The number of pyridine rings is 1. The van der Waals surface area contributed by atoms with E-state index in [0.29, 0.717) is 0 Å². The van der Waals surface area contributed by atoms with Gasteiger partial charge in [0.15, 0.2) is 0 Å². The van der Waals surface area contributed by atoms with Gasteiger partial charge in [-0.25, -0.2) is 4.98 Å². The summed E-state index contributed by atoms with van der Waals surface area (Å²) in [5.41, 5.74) is 5.69. The molecule has 2 heteroatoms. The minimum Gasteiger partial charge on any atom is -0.378 e. The van der Waals surface area contributed by atoms with Crippen LogP contribution in [0, 0.1) is 6.92 Å². The van der Waals surface area contributed by atoms with Gasteiger partial charge >= 0.3 is 0 Å². The fraction of sp³-hybridized carbons (Fsp3) is 0.167. The monoisotopic (exact) mass is 262 g/mol. The molecule has 1 aromatic heterocycles. The number of anilines is 1. The molecule has 100 valence electrons. The largest absolute Gasteiger partial charge is 0.378 e. The van der Waals surface area contributed by atoms with Gasteiger partial charge in [0.2, 0.25) is 0 Å². The molecule has 0 unspecified atom stereocenters. The highest BCUT2D eigenvalue weighted by Gasteiger charge is 2.06. The molecule has 20 heavy (non-hydrogen) atoms. The van der Waals surface area contributed by atoms with Gasteiger partial charge in [-0.05, 0) is 36.8 Å². The molecule has 0 atom stereocenters. The van der Waals surface area contributed by atoms with Crippen LogP contribution < -0.4 is 4.90 Å². The number of rotatable bonds is 2. The van der Waals surface area contributed by atoms with Crippen LogP contribution >= 0.6 is 0 Å². The quantitative estimate of drug-likeness (QED) is 0.685. The van der Waals surface area contributed by atoms with Crippen LogP contribution in [-0.2, 0) is 0 Å². The molecule has 1 heterocycles. The van der Waals surface area contributed by atoms with Crippen molar-refractivity contribution in [3.05, 3.63) is 60.2 Å². The van der Waals surface area contributed by atoms with Crippen LogP contribution in [0.4, 0.5) is 5.69 Å². The Kier molecular flexibility index (Phi) is 3.15. The molecule has 0 aliphatic heterocycles. The summed E-state index contributed by atoms with van der Waals surface area (Å²) in [4.78, 5) is 6.94. The number of aromatic nitrogens is 1. The van der Waals surface area contributed by atoms with Gasteiger partial charge < -0.3 is 4.90 Å². The van der Waals surface area contributed by atoms with Crippen LogP contribution in [0.1, 0.15) is 5.56 Å². The summed E-state index contributed by atoms with van der Waals surface area (Å²) >= 11 is 0. The van der Waals surface area contributed by atoms with E-state index in [9.17, 15) is 0 Å². The van der Waals surface area contributed by atoms with Gasteiger partial charge in [0.25, 0.3) is 0 Å². The van der Waals surface area contributed by atoms with Gasteiger partial charge in [0.1, 0.15) is 0 Å². The van der Waals surface area contributed by atoms with Crippen molar-refractivity contribution in [1.29, 1.82) is 0 Å². The minimum absolute atomic E-state index is 1.04. The number of hydrogen-bond acceptors (Lipinski definition) is 2. The summed E-state index contributed by atoms with van der Waals surface area (Å²) in [6.45, 7) is 2.12. The molecular weight excluding hydrogens is 244 g/mol. The Hall–Kier alpha value is -2.35. The Bertz CT molecular complexity index is 746. The third-order valence-corrected chi connectivity index (χ3v) is 3.55. The van der Waals surface area contributed by atoms with Gasteiger partial charge in [-0.15, -0.1) is 0 Å². The van der Waals surface area contributed by atoms with E-state index in [0.717, 1.165) is 11.2 Å². The Morgan fingerprint density at radius 2 is 1.65 bits per heavy atom. The third kappa shape index (κ3) is 2.25. The molecule has 2 aromatic carbocycles. The predicted octanol–water partition coefficient (Wildman–Crippen LogP) is 4.28. The van der Waals surface area contributed by atoms with E-state index >= 15 is 0 Å². The van der Waals surface area contributed by atoms with Crippen molar-refractivity contribution in [3.63, 3.8) is 0 Å². The number of benzene rings is 2. The number of aryl methyl sites for hydroxylation is 1. The maximum Gasteiger partial charge on any atom is 0.0738 e. The van der Waals surface area contributed by atoms with E-state index in [1.54, 1.807) is 0 Å². The molecule has 0 saturated carbocycles. The van der Waals surface area contributed by atoms with Gasteiger partial charge in [-0.3, -0.25) is 0 Å². The summed E-state index contributed by atoms with van der Waals surface area (Å²) < 4.78 is 0. The lowest BCUT2D eigenvalue weighted by Crippen LogP contribution is -2.08. The summed E-state index contributed by atoms with van der Waals surface area (Å²) in [6.07, 6.45) is 0. The summed E-state index contributed by atoms with van der Waals surface area (Å²) in [5, 5.41) is 1.19. The zero-order valence-corrected chi connectivity index (χ0v) is 12.1. The van der Waals surface area contributed by atoms with Gasteiger partial charge in [-0.1, -0.05) is 30.3 Å². The minimum atomic E-state index is 1.04. The number of hydrogen-bond donors (Lipinski definition) is 0. The van der Waals surface area contributed by atoms with Crippen molar-refractivity contribution in [1.82, 2.24) is 4.98 Å². The van der Waals surface area contributed by atoms with Crippen molar-refractivity contribution in [3.8, 4) is 11.3 Å². The zero-order valence-electron chi connectivity index (χ0n) is 12.1. The molecule has 0 amide bonds. The first-order chi connectivity index (χ1) is 9.65. The smallest absolute Gasteiger partial charge is 0.0738 e. The van der Waals surface area contributed by atoms with Crippen LogP contribution in [0.25, 0.3) is 22.2 Å². The Labute approximate surface area is 119 Å². The van der Waals surface area contributed by atoms with Crippen molar-refractivity contribution in [2.45, 2.75) is 6.92 Å². The van der Waals surface area contributed by atoms with Crippen LogP contribution in [0.5, 0.6) is 0 Å². The maximum atomic E-state index is 4.83. The molecule has 3 rings (SSSR count). The van der Waals surface area contributed by atoms with E-state index in [2.05, 4.69) is 74.4 Å². The first kappa shape index (κ1) is 12.7. The normalized spacial score (nSPS) is 10.8. The first-order valence-electron chi connectivity index (χ1n) is 6.79. The highest BCUT2D eigenvalue weighted by Crippen LogP contribution is 2.27. The highest BCUT2D eigenvalue weighted by atomic mass is 15.1. The lowest BCUT2D eigenvalue weighted by atomic mass is 10.0. The van der Waals surface area contributed by atoms with Crippen LogP contribution in [0.2, 0.25) is 0 Å². The van der Waals surface area contributed by atoms with E-state index in [-0.39, 0.29) is 0 Å². The van der Waals surface area contributed by atoms with Crippen LogP contribution in [-0.4, -0.2) is 19.1 Å². The van der Waals surface area contributed by atoms with Crippen molar-refractivity contribution in [2.24, 2.45) is 0 Å². The van der Waals surface area contributed by atoms with Crippen LogP contribution in [0.3, 0.4) is 0 Å². The Balaban J connectivity index is 2.18. The fourth-order valence-corrected chi connectivity index (χ4v) is 2.44. The van der Waals surface area contributed by atoms with Gasteiger partial charge in [0, 0.05) is 30.7 Å². The molecule has 0 aliphatic rings. The number of fused-ring (bicyclic) bond motifs is 1. The SMILES string of the molecule is Cc1cc2cc(N(C)C)ccc2nc1-c1ccccc1. The summed E-state index contributed by atoms with van der Waals surface area (Å²) in [5.74, 6) is 0. The van der Waals surface area contributed by atoms with E-state index < -0.39 is 0 Å². The topological polar surface area (TPSA) is 16.1 Å². The summed E-state index contributed by atoms with van der Waals surface area (Å²) in [7, 11) is 4.11. The molecule has 0 radical (unpaired) electrons. The molecule has 0 saturated heterocycles. The molecule has 0 spiro atoms. The van der Waals surface area contributed by atoms with E-state index in [1.165, 1.54) is 22.2 Å². The molecular formula is C18H18N2. The zero-order chi connectivity index (χ0) is 14.1. The van der Waals surface area contributed by atoms with E-state index in [1.807, 2.05) is 6.07 Å². The van der Waals surface area contributed by atoms with Gasteiger partial charge in [-0.2, -0.15) is 0 Å². The first-order valence-corrected chi connectivity index (χ1v) is 6.79. The molecule has 0 aliphatic carbocycles. The molecule has 3 aromatic rings. The van der Waals surface area contributed by atoms with Crippen molar-refractivity contribution in [2.75, 3.05) is 19.0 Å². The fourth-order valence-electron chi connectivity index (χ4n) is 2.44. The maximum absolute atomic E-state index is 4.83. The second-order valence-corrected chi connectivity index (χ2v) is 5.29. The summed E-state index contributed by atoms with van der Waals surface area (Å²) in [6, 6.07) is 19.0. The van der Waals surface area contributed by atoms with Crippen molar-refractivity contribution < 1.29 is 0 Å². The second-order valence-electron chi connectivity index (χ2n) is 5.29. The van der Waals surface area contributed by atoms with Crippen molar-refractivity contribution >= 4 is 16.6 Å². The lowest BCUT2D eigenvalue weighted by molar-refractivity contribution is 1.13. The van der Waals surface area contributed by atoms with Crippen LogP contribution in [0.15, 0.2) is 54.6 Å². The highest BCUT2D eigenvalue weighted by molar-refractivity contribution is 5.86. The Morgan fingerprint density at radius 1 is 0.900 bits per heavy atom. The van der Waals surface area contributed by atoms with Gasteiger partial charge in [0.05, 0.1) is 11.2 Å². The standard InChI is InChI=1S/C18H18N2/c1-13-11-15-12-16(20(2)3)9-10-17(15)19-18(13)14-7-5-4-6-8-14/h4-12H,1-3H3. The molecule has 0 N–H and O–H groups in total. The molecule has 0 fully saturated rings.